The van der Waals surface area contributed by atoms with Gasteiger partial charge in [0.1, 0.15) is 10.6 Å². The first-order chi connectivity index (χ1) is 10.2. The van der Waals surface area contributed by atoms with Crippen molar-refractivity contribution in [1.82, 2.24) is 19.9 Å². The van der Waals surface area contributed by atoms with Crippen molar-refractivity contribution in [1.29, 1.82) is 0 Å². The van der Waals surface area contributed by atoms with E-state index in [2.05, 4.69) is 19.9 Å². The quantitative estimate of drug-likeness (QED) is 0.747. The van der Waals surface area contributed by atoms with Gasteiger partial charge in [-0.15, -0.1) is 11.3 Å². The third kappa shape index (κ3) is 2.06. The third-order valence-corrected chi connectivity index (χ3v) is 5.01. The molecule has 3 aromatic heterocycles. The van der Waals surface area contributed by atoms with Crippen LogP contribution in [0.15, 0.2) is 12.4 Å². The average Bonchev–Trinajstić information content (AvgIpc) is 2.86. The predicted molar refractivity (Wildman–Crippen MR) is 84.2 cm³/mol. The lowest BCUT2D eigenvalue weighted by Gasteiger charge is -2.10. The Labute approximate surface area is 126 Å². The van der Waals surface area contributed by atoms with Gasteiger partial charge in [-0.3, -0.25) is 0 Å². The molecule has 0 amide bonds. The summed E-state index contributed by atoms with van der Waals surface area (Å²) in [5, 5.41) is 1.05. The van der Waals surface area contributed by atoms with E-state index in [-0.39, 0.29) is 0 Å². The molecule has 1 aliphatic carbocycles. The Morgan fingerprint density at radius 2 is 1.81 bits per heavy atom. The highest BCUT2D eigenvalue weighted by Gasteiger charge is 2.20. The number of aryl methyl sites for hydroxylation is 3. The minimum absolute atomic E-state index is 0.513. The summed E-state index contributed by atoms with van der Waals surface area (Å²) in [5.41, 5.74) is 8.56. The Kier molecular flexibility index (Phi) is 2.85. The van der Waals surface area contributed by atoms with Crippen LogP contribution >= 0.6 is 11.3 Å². The van der Waals surface area contributed by atoms with Crippen LogP contribution in [-0.2, 0) is 12.8 Å². The van der Waals surface area contributed by atoms with Gasteiger partial charge in [-0.05, 0) is 43.7 Å². The van der Waals surface area contributed by atoms with Crippen molar-refractivity contribution in [2.45, 2.75) is 32.6 Å². The van der Waals surface area contributed by atoms with Crippen LogP contribution < -0.4 is 5.73 Å². The zero-order valence-electron chi connectivity index (χ0n) is 11.8. The summed E-state index contributed by atoms with van der Waals surface area (Å²) >= 11 is 1.74. The molecule has 6 heteroatoms. The summed E-state index contributed by atoms with van der Waals surface area (Å²) in [7, 11) is 0. The van der Waals surface area contributed by atoms with Crippen LogP contribution in [0, 0.1) is 6.92 Å². The summed E-state index contributed by atoms with van der Waals surface area (Å²) in [6.07, 6.45) is 8.23. The normalized spacial score (nSPS) is 14.3. The molecule has 0 aromatic carbocycles. The molecule has 2 N–H and O–H groups in total. The lowest BCUT2D eigenvalue weighted by molar-refractivity contribution is 0.700. The van der Waals surface area contributed by atoms with Gasteiger partial charge < -0.3 is 5.73 Å². The molecule has 3 heterocycles. The number of hydrogen-bond acceptors (Lipinski definition) is 6. The van der Waals surface area contributed by atoms with Crippen molar-refractivity contribution in [3.63, 3.8) is 0 Å². The van der Waals surface area contributed by atoms with Gasteiger partial charge in [0.05, 0.1) is 5.39 Å². The van der Waals surface area contributed by atoms with E-state index in [0.29, 0.717) is 17.5 Å². The first-order valence-electron chi connectivity index (χ1n) is 7.09. The van der Waals surface area contributed by atoms with Gasteiger partial charge in [-0.25, -0.2) is 19.9 Å². The Morgan fingerprint density at radius 3 is 2.62 bits per heavy atom. The molecule has 4 rings (SSSR count). The summed E-state index contributed by atoms with van der Waals surface area (Å²) in [5.74, 6) is 1.60. The third-order valence-electron chi connectivity index (χ3n) is 3.82. The van der Waals surface area contributed by atoms with Crippen LogP contribution in [0.25, 0.3) is 21.9 Å². The number of anilines is 1. The van der Waals surface area contributed by atoms with Crippen molar-refractivity contribution >= 4 is 27.4 Å². The van der Waals surface area contributed by atoms with Crippen molar-refractivity contribution in [3.05, 3.63) is 28.4 Å². The molecule has 0 atom stereocenters. The van der Waals surface area contributed by atoms with E-state index in [4.69, 9.17) is 5.73 Å². The molecule has 0 radical (unpaired) electrons. The highest BCUT2D eigenvalue weighted by Crippen LogP contribution is 2.38. The molecule has 0 saturated heterocycles. The van der Waals surface area contributed by atoms with E-state index in [1.54, 1.807) is 23.7 Å². The van der Waals surface area contributed by atoms with Crippen LogP contribution in [0.2, 0.25) is 0 Å². The van der Waals surface area contributed by atoms with Gasteiger partial charge in [0.25, 0.3) is 0 Å². The highest BCUT2D eigenvalue weighted by molar-refractivity contribution is 7.19. The van der Waals surface area contributed by atoms with Crippen LogP contribution in [0.4, 0.5) is 5.82 Å². The van der Waals surface area contributed by atoms with E-state index in [1.807, 2.05) is 6.92 Å². The molecule has 5 nitrogen and oxygen atoms in total. The Morgan fingerprint density at radius 1 is 1.05 bits per heavy atom. The summed E-state index contributed by atoms with van der Waals surface area (Å²) in [4.78, 5) is 20.0. The number of thiophene rings is 1. The van der Waals surface area contributed by atoms with Gasteiger partial charge in [0, 0.05) is 17.3 Å². The van der Waals surface area contributed by atoms with Crippen molar-refractivity contribution in [3.8, 4) is 11.6 Å². The van der Waals surface area contributed by atoms with Gasteiger partial charge in [-0.2, -0.15) is 0 Å². The van der Waals surface area contributed by atoms with Gasteiger partial charge in [-0.1, -0.05) is 0 Å². The molecular weight excluding hydrogens is 282 g/mol. The molecule has 0 unspecified atom stereocenters. The molecule has 1 aliphatic rings. The van der Waals surface area contributed by atoms with Crippen LogP contribution in [0.1, 0.15) is 28.8 Å². The first kappa shape index (κ1) is 12.6. The minimum Gasteiger partial charge on any atom is -0.383 e. The number of aromatic nitrogens is 4. The second kappa shape index (κ2) is 4.73. The molecule has 0 spiro atoms. The molecule has 3 aromatic rings. The van der Waals surface area contributed by atoms with Gasteiger partial charge in [0.2, 0.25) is 5.82 Å². The topological polar surface area (TPSA) is 77.6 Å². The molecule has 0 bridgehead atoms. The molecule has 0 fully saturated rings. The Hall–Kier alpha value is -2.08. The number of nitrogens with two attached hydrogens (primary N) is 1. The molecular formula is C15H15N5S. The van der Waals surface area contributed by atoms with E-state index < -0.39 is 0 Å². The predicted octanol–water partition coefficient (Wildman–Crippen LogP) is 2.92. The SMILES string of the molecule is Cc1cnc(-c2nc(N)c3c4c(sc3n2)CCCC4)nc1. The minimum atomic E-state index is 0.513. The fourth-order valence-corrected chi connectivity index (χ4v) is 4.06. The zero-order chi connectivity index (χ0) is 14.4. The fourth-order valence-electron chi connectivity index (χ4n) is 2.79. The lowest BCUT2D eigenvalue weighted by atomic mass is 9.97. The van der Waals surface area contributed by atoms with E-state index >= 15 is 0 Å². The molecule has 106 valence electrons. The summed E-state index contributed by atoms with van der Waals surface area (Å²) in [6, 6.07) is 0. The number of rotatable bonds is 1. The van der Waals surface area contributed by atoms with Crippen LogP contribution in [0.3, 0.4) is 0 Å². The Balaban J connectivity index is 1.91. The molecule has 0 aliphatic heterocycles. The largest absolute Gasteiger partial charge is 0.383 e. The number of nitrogen functional groups attached to an aromatic ring is 1. The smallest absolute Gasteiger partial charge is 0.201 e. The summed E-state index contributed by atoms with van der Waals surface area (Å²) in [6.45, 7) is 1.95. The second-order valence-electron chi connectivity index (χ2n) is 5.41. The maximum Gasteiger partial charge on any atom is 0.201 e. The van der Waals surface area contributed by atoms with Crippen molar-refractivity contribution in [2.24, 2.45) is 0 Å². The zero-order valence-corrected chi connectivity index (χ0v) is 12.6. The van der Waals surface area contributed by atoms with Gasteiger partial charge >= 0.3 is 0 Å². The standard InChI is InChI=1S/C15H15N5S/c1-8-6-17-13(18-7-8)14-19-12(16)11-9-4-2-3-5-10(9)21-15(11)20-14/h6-7H,2-5H2,1H3,(H2,16,19,20). The molecule has 0 saturated carbocycles. The average molecular weight is 297 g/mol. The van der Waals surface area contributed by atoms with E-state index in [9.17, 15) is 0 Å². The van der Waals surface area contributed by atoms with E-state index in [1.165, 1.54) is 23.3 Å². The number of fused-ring (bicyclic) bond motifs is 3. The molecule has 21 heavy (non-hydrogen) atoms. The number of hydrogen-bond donors (Lipinski definition) is 1. The maximum absolute atomic E-state index is 6.19. The monoisotopic (exact) mass is 297 g/mol. The van der Waals surface area contributed by atoms with Crippen LogP contribution in [-0.4, -0.2) is 19.9 Å². The highest BCUT2D eigenvalue weighted by atomic mass is 32.1. The maximum atomic E-state index is 6.19. The fraction of sp³-hybridized carbons (Fsp3) is 0.333. The van der Waals surface area contributed by atoms with Crippen molar-refractivity contribution in [2.75, 3.05) is 5.73 Å². The lowest BCUT2D eigenvalue weighted by Crippen LogP contribution is -2.02. The van der Waals surface area contributed by atoms with Gasteiger partial charge in [0.15, 0.2) is 5.82 Å². The van der Waals surface area contributed by atoms with Crippen LogP contribution in [0.5, 0.6) is 0 Å². The summed E-state index contributed by atoms with van der Waals surface area (Å²) < 4.78 is 0. The van der Waals surface area contributed by atoms with E-state index in [0.717, 1.165) is 28.6 Å². The number of nitrogens with zero attached hydrogens (tertiary/aromatic N) is 4. The van der Waals surface area contributed by atoms with Crippen molar-refractivity contribution < 1.29 is 0 Å². The first-order valence-corrected chi connectivity index (χ1v) is 7.91. The Bertz CT molecular complexity index is 822. The second-order valence-corrected chi connectivity index (χ2v) is 6.49.